The number of rotatable bonds is 3. The highest BCUT2D eigenvalue weighted by Gasteiger charge is 2.23. The van der Waals surface area contributed by atoms with Crippen LogP contribution in [0.4, 0.5) is 0 Å². The molecule has 1 aromatic carbocycles. The van der Waals surface area contributed by atoms with Crippen LogP contribution in [0.3, 0.4) is 0 Å². The lowest BCUT2D eigenvalue weighted by atomic mass is 10.0. The number of benzene rings is 1. The fraction of sp³-hybridized carbons (Fsp3) is 0.538. The molecule has 1 fully saturated rings. The fourth-order valence-corrected chi connectivity index (χ4v) is 2.22. The molecule has 17 heavy (non-hydrogen) atoms. The first-order chi connectivity index (χ1) is 8.16. The molecule has 1 saturated heterocycles. The van der Waals surface area contributed by atoms with Crippen molar-refractivity contribution in [2.24, 2.45) is 0 Å². The topological polar surface area (TPSA) is 38.7 Å². The Hall–Kier alpha value is -0.610. The van der Waals surface area contributed by atoms with Crippen molar-refractivity contribution in [3.05, 3.63) is 34.3 Å². The van der Waals surface area contributed by atoms with Crippen molar-refractivity contribution < 1.29 is 14.6 Å². The van der Waals surface area contributed by atoms with Crippen molar-refractivity contribution in [1.82, 2.24) is 0 Å². The smallest absolute Gasteiger partial charge is 0.107 e. The molecule has 1 N–H and O–H groups in total. The molecule has 0 saturated carbocycles. The van der Waals surface area contributed by atoms with Gasteiger partial charge in [-0.05, 0) is 24.1 Å². The van der Waals surface area contributed by atoms with Crippen LogP contribution in [0.25, 0.3) is 0 Å². The van der Waals surface area contributed by atoms with E-state index in [0.29, 0.717) is 31.3 Å². The minimum atomic E-state index is -0.574. The number of aryl methyl sites for hydroxylation is 1. The molecular weight excluding hydrogens is 240 g/mol. The second-order valence-electron chi connectivity index (χ2n) is 4.35. The van der Waals surface area contributed by atoms with E-state index in [1.807, 2.05) is 25.1 Å². The van der Waals surface area contributed by atoms with E-state index in [2.05, 4.69) is 0 Å². The third-order valence-corrected chi connectivity index (χ3v) is 3.26. The van der Waals surface area contributed by atoms with Gasteiger partial charge in [0, 0.05) is 11.4 Å². The van der Waals surface area contributed by atoms with Gasteiger partial charge in [0.25, 0.3) is 0 Å². The van der Waals surface area contributed by atoms with Crippen molar-refractivity contribution in [2.75, 3.05) is 19.8 Å². The van der Waals surface area contributed by atoms with E-state index in [1.54, 1.807) is 0 Å². The minimum Gasteiger partial charge on any atom is -0.390 e. The van der Waals surface area contributed by atoms with Gasteiger partial charge in [-0.3, -0.25) is 0 Å². The van der Waals surface area contributed by atoms with Crippen LogP contribution in [0.5, 0.6) is 0 Å². The third-order valence-electron chi connectivity index (χ3n) is 2.91. The first-order valence-corrected chi connectivity index (χ1v) is 6.17. The lowest BCUT2D eigenvalue weighted by Crippen LogP contribution is -2.39. The van der Waals surface area contributed by atoms with Crippen LogP contribution in [-0.2, 0) is 15.9 Å². The second-order valence-corrected chi connectivity index (χ2v) is 4.76. The third kappa shape index (κ3) is 3.42. The maximum atomic E-state index is 10.1. The van der Waals surface area contributed by atoms with Crippen molar-refractivity contribution in [3.8, 4) is 0 Å². The molecule has 3 nitrogen and oxygen atoms in total. The van der Waals surface area contributed by atoms with Crippen molar-refractivity contribution in [1.29, 1.82) is 0 Å². The monoisotopic (exact) mass is 256 g/mol. The predicted octanol–water partition coefficient (Wildman–Crippen LogP) is 1.97. The van der Waals surface area contributed by atoms with Crippen molar-refractivity contribution in [3.63, 3.8) is 0 Å². The van der Waals surface area contributed by atoms with Crippen LogP contribution < -0.4 is 0 Å². The van der Waals surface area contributed by atoms with E-state index in [9.17, 15) is 5.11 Å². The average molecular weight is 257 g/mol. The van der Waals surface area contributed by atoms with Crippen LogP contribution >= 0.6 is 11.6 Å². The Balaban J connectivity index is 1.99. The molecule has 1 aliphatic rings. The molecule has 0 spiro atoms. The van der Waals surface area contributed by atoms with Gasteiger partial charge in [-0.2, -0.15) is 0 Å². The highest BCUT2D eigenvalue weighted by molar-refractivity contribution is 6.31. The van der Waals surface area contributed by atoms with E-state index < -0.39 is 6.10 Å². The predicted molar refractivity (Wildman–Crippen MR) is 66.5 cm³/mol. The van der Waals surface area contributed by atoms with Gasteiger partial charge in [-0.25, -0.2) is 0 Å². The summed E-state index contributed by atoms with van der Waals surface area (Å²) < 4.78 is 10.7. The van der Waals surface area contributed by atoms with Gasteiger partial charge in [-0.1, -0.05) is 23.7 Å². The number of hydrogen-bond acceptors (Lipinski definition) is 3. The molecular formula is C13H17ClO3. The van der Waals surface area contributed by atoms with E-state index in [4.69, 9.17) is 21.1 Å². The highest BCUT2D eigenvalue weighted by atomic mass is 35.5. The van der Waals surface area contributed by atoms with Gasteiger partial charge in [-0.15, -0.1) is 0 Å². The maximum Gasteiger partial charge on any atom is 0.107 e. The Kier molecular flexibility index (Phi) is 4.40. The molecule has 4 heteroatoms. The Morgan fingerprint density at radius 1 is 1.47 bits per heavy atom. The second kappa shape index (κ2) is 5.83. The Morgan fingerprint density at radius 2 is 2.29 bits per heavy atom. The molecule has 0 amide bonds. The lowest BCUT2D eigenvalue weighted by molar-refractivity contribution is -0.131. The fourth-order valence-electron chi connectivity index (χ4n) is 1.90. The van der Waals surface area contributed by atoms with Crippen LogP contribution in [0.15, 0.2) is 18.2 Å². The zero-order chi connectivity index (χ0) is 12.3. The maximum absolute atomic E-state index is 10.1. The Labute approximate surface area is 106 Å². The molecule has 0 aliphatic carbocycles. The molecule has 0 radical (unpaired) electrons. The average Bonchev–Trinajstić information content (AvgIpc) is 2.34. The SMILES string of the molecule is Cc1ccc(CC(O)C2COCCO2)c(Cl)c1. The largest absolute Gasteiger partial charge is 0.390 e. The zero-order valence-corrected chi connectivity index (χ0v) is 10.6. The first-order valence-electron chi connectivity index (χ1n) is 5.79. The summed E-state index contributed by atoms with van der Waals surface area (Å²) in [4.78, 5) is 0. The minimum absolute atomic E-state index is 0.249. The summed E-state index contributed by atoms with van der Waals surface area (Å²) in [5.41, 5.74) is 2.06. The molecule has 0 bridgehead atoms. The van der Waals surface area contributed by atoms with Crippen molar-refractivity contribution >= 4 is 11.6 Å². The molecule has 1 aliphatic heterocycles. The standard InChI is InChI=1S/C13H17ClO3/c1-9-2-3-10(11(14)6-9)7-12(15)13-8-16-4-5-17-13/h2-3,6,12-13,15H,4-5,7-8H2,1H3. The molecule has 2 atom stereocenters. The molecule has 0 aromatic heterocycles. The molecule has 94 valence electrons. The highest BCUT2D eigenvalue weighted by Crippen LogP contribution is 2.21. The van der Waals surface area contributed by atoms with Crippen LogP contribution in [-0.4, -0.2) is 37.1 Å². The summed E-state index contributed by atoms with van der Waals surface area (Å²) >= 11 is 6.13. The van der Waals surface area contributed by atoms with E-state index >= 15 is 0 Å². The number of halogens is 1. The summed E-state index contributed by atoms with van der Waals surface area (Å²) in [6.45, 7) is 3.59. The van der Waals surface area contributed by atoms with Gasteiger partial charge in [0.2, 0.25) is 0 Å². The summed E-state index contributed by atoms with van der Waals surface area (Å²) in [5.74, 6) is 0. The number of hydrogen-bond donors (Lipinski definition) is 1. The van der Waals surface area contributed by atoms with Gasteiger partial charge >= 0.3 is 0 Å². The van der Waals surface area contributed by atoms with Crippen LogP contribution in [0.2, 0.25) is 5.02 Å². The van der Waals surface area contributed by atoms with E-state index in [1.165, 1.54) is 0 Å². The van der Waals surface area contributed by atoms with Crippen LogP contribution in [0, 0.1) is 6.92 Å². The summed E-state index contributed by atoms with van der Waals surface area (Å²) in [6, 6.07) is 5.85. The van der Waals surface area contributed by atoms with Crippen LogP contribution in [0.1, 0.15) is 11.1 Å². The Bertz CT molecular complexity index is 375. The van der Waals surface area contributed by atoms with Gasteiger partial charge in [0.15, 0.2) is 0 Å². The van der Waals surface area contributed by atoms with Gasteiger partial charge in [0.05, 0.1) is 25.9 Å². The summed E-state index contributed by atoms with van der Waals surface area (Å²) in [5, 5.41) is 10.8. The molecule has 2 unspecified atom stereocenters. The molecule has 1 aromatic rings. The summed E-state index contributed by atoms with van der Waals surface area (Å²) in [7, 11) is 0. The number of ether oxygens (including phenoxy) is 2. The first kappa shape index (κ1) is 12.8. The quantitative estimate of drug-likeness (QED) is 0.899. The molecule has 1 heterocycles. The number of aliphatic hydroxyl groups excluding tert-OH is 1. The molecule has 2 rings (SSSR count). The van der Waals surface area contributed by atoms with E-state index in [-0.39, 0.29) is 6.10 Å². The van der Waals surface area contributed by atoms with Crippen molar-refractivity contribution in [2.45, 2.75) is 25.6 Å². The zero-order valence-electron chi connectivity index (χ0n) is 9.86. The normalized spacial score (nSPS) is 22.4. The number of aliphatic hydroxyl groups is 1. The summed E-state index contributed by atoms with van der Waals surface area (Å²) in [6.07, 6.45) is -0.329. The van der Waals surface area contributed by atoms with Gasteiger partial charge < -0.3 is 14.6 Å². The van der Waals surface area contributed by atoms with E-state index in [0.717, 1.165) is 11.1 Å². The van der Waals surface area contributed by atoms with Gasteiger partial charge in [0.1, 0.15) is 6.10 Å². The Morgan fingerprint density at radius 3 is 2.94 bits per heavy atom. The lowest BCUT2D eigenvalue weighted by Gasteiger charge is -2.27.